The van der Waals surface area contributed by atoms with E-state index in [1.165, 1.54) is 0 Å². The zero-order valence-electron chi connectivity index (χ0n) is 15.4. The molecule has 1 N–H and O–H groups in total. The third kappa shape index (κ3) is 3.33. The van der Waals surface area contributed by atoms with Gasteiger partial charge in [0.1, 0.15) is 5.65 Å². The van der Waals surface area contributed by atoms with Gasteiger partial charge in [-0.3, -0.25) is 4.79 Å². The van der Waals surface area contributed by atoms with Gasteiger partial charge in [0.2, 0.25) is 0 Å². The molecule has 4 aromatic rings. The molecule has 1 aromatic carbocycles. The zero-order valence-corrected chi connectivity index (χ0v) is 15.4. The predicted octanol–water partition coefficient (Wildman–Crippen LogP) is 3.11. The highest BCUT2D eigenvalue weighted by Gasteiger charge is 2.19. The Morgan fingerprint density at radius 3 is 2.63 bits per heavy atom. The van der Waals surface area contributed by atoms with Crippen LogP contribution in [0.3, 0.4) is 0 Å². The summed E-state index contributed by atoms with van der Waals surface area (Å²) >= 11 is 0. The maximum Gasteiger partial charge on any atom is 0.255 e. The molecular formula is C21H21N5O. The first-order valence-electron chi connectivity index (χ1n) is 8.96. The van der Waals surface area contributed by atoms with E-state index in [-0.39, 0.29) is 5.91 Å². The summed E-state index contributed by atoms with van der Waals surface area (Å²) in [7, 11) is 0. The molecule has 1 amide bonds. The molecule has 0 atom stereocenters. The second-order valence-corrected chi connectivity index (χ2v) is 6.50. The minimum Gasteiger partial charge on any atom is -0.352 e. The first kappa shape index (κ1) is 17.0. The van der Waals surface area contributed by atoms with Crippen LogP contribution in [0.4, 0.5) is 0 Å². The number of nitrogens with zero attached hydrogens (tertiary/aromatic N) is 4. The molecule has 3 heterocycles. The highest BCUT2D eigenvalue weighted by molar-refractivity contribution is 5.96. The lowest BCUT2D eigenvalue weighted by atomic mass is 10.2. The van der Waals surface area contributed by atoms with Crippen LogP contribution in [0, 0.1) is 13.8 Å². The smallest absolute Gasteiger partial charge is 0.255 e. The Morgan fingerprint density at radius 2 is 1.85 bits per heavy atom. The Kier molecular flexibility index (Phi) is 4.46. The fourth-order valence-corrected chi connectivity index (χ4v) is 3.29. The summed E-state index contributed by atoms with van der Waals surface area (Å²) in [5.74, 6) is -0.101. The molecule has 0 aliphatic rings. The van der Waals surface area contributed by atoms with Crippen molar-refractivity contribution in [3.8, 4) is 5.69 Å². The molecule has 136 valence electrons. The fraction of sp³-hybridized carbons (Fsp3) is 0.190. The molecule has 0 saturated carbocycles. The third-order valence-corrected chi connectivity index (χ3v) is 4.60. The molecule has 4 rings (SSSR count). The van der Waals surface area contributed by atoms with Gasteiger partial charge >= 0.3 is 0 Å². The van der Waals surface area contributed by atoms with Gasteiger partial charge in [-0.15, -0.1) is 0 Å². The molecule has 0 bridgehead atoms. The summed E-state index contributed by atoms with van der Waals surface area (Å²) in [6, 6.07) is 15.7. The van der Waals surface area contributed by atoms with E-state index in [1.54, 1.807) is 0 Å². The predicted molar refractivity (Wildman–Crippen MR) is 104 cm³/mol. The van der Waals surface area contributed by atoms with E-state index in [4.69, 9.17) is 0 Å². The van der Waals surface area contributed by atoms with Crippen molar-refractivity contribution in [3.05, 3.63) is 83.6 Å². The molecule has 0 aliphatic carbocycles. The number of amides is 1. The Morgan fingerprint density at radius 1 is 1.07 bits per heavy atom. The normalized spacial score (nSPS) is 11.0. The average molecular weight is 359 g/mol. The van der Waals surface area contributed by atoms with Gasteiger partial charge in [0.15, 0.2) is 0 Å². The van der Waals surface area contributed by atoms with Crippen LogP contribution in [0.2, 0.25) is 0 Å². The Hall–Kier alpha value is -3.41. The van der Waals surface area contributed by atoms with Gasteiger partial charge in [0, 0.05) is 25.4 Å². The number of pyridine rings is 1. The van der Waals surface area contributed by atoms with Crippen molar-refractivity contribution in [2.75, 3.05) is 6.54 Å². The molecule has 3 aromatic heterocycles. The van der Waals surface area contributed by atoms with Crippen LogP contribution in [-0.4, -0.2) is 31.6 Å². The molecule has 0 radical (unpaired) electrons. The van der Waals surface area contributed by atoms with Crippen molar-refractivity contribution in [1.29, 1.82) is 0 Å². The molecular weight excluding hydrogens is 338 g/mol. The van der Waals surface area contributed by atoms with Crippen molar-refractivity contribution >= 4 is 11.6 Å². The number of hydrogen-bond donors (Lipinski definition) is 1. The number of imidazole rings is 1. The molecule has 0 aliphatic heterocycles. The molecule has 0 unspecified atom stereocenters. The topological polar surface area (TPSA) is 64.2 Å². The first-order chi connectivity index (χ1) is 13.1. The molecule has 6 nitrogen and oxygen atoms in total. The summed E-state index contributed by atoms with van der Waals surface area (Å²) < 4.78 is 3.79. The average Bonchev–Trinajstić information content (AvgIpc) is 3.22. The zero-order chi connectivity index (χ0) is 18.8. The Balaban J connectivity index is 1.46. The van der Waals surface area contributed by atoms with Gasteiger partial charge in [-0.05, 0) is 38.1 Å². The first-order valence-corrected chi connectivity index (χ1v) is 8.96. The number of benzene rings is 1. The largest absolute Gasteiger partial charge is 0.352 e. The summed E-state index contributed by atoms with van der Waals surface area (Å²) in [5.41, 5.74) is 5.01. The van der Waals surface area contributed by atoms with Crippen LogP contribution in [0.1, 0.15) is 27.4 Å². The lowest BCUT2D eigenvalue weighted by molar-refractivity contribution is 0.0953. The van der Waals surface area contributed by atoms with Gasteiger partial charge in [-0.2, -0.15) is 5.10 Å². The molecule has 27 heavy (non-hydrogen) atoms. The van der Waals surface area contributed by atoms with E-state index >= 15 is 0 Å². The number of carbonyl (C=O) groups is 1. The minimum atomic E-state index is -0.101. The molecule has 0 spiro atoms. The van der Waals surface area contributed by atoms with Crippen molar-refractivity contribution in [2.45, 2.75) is 20.3 Å². The number of aryl methyl sites for hydroxylation is 1. The van der Waals surface area contributed by atoms with E-state index in [1.807, 2.05) is 83.9 Å². The summed E-state index contributed by atoms with van der Waals surface area (Å²) in [6.45, 7) is 4.31. The van der Waals surface area contributed by atoms with Gasteiger partial charge in [0.25, 0.3) is 5.91 Å². The Bertz CT molecular complexity index is 1060. The highest BCUT2D eigenvalue weighted by Crippen LogP contribution is 2.17. The van der Waals surface area contributed by atoms with Crippen molar-refractivity contribution in [2.24, 2.45) is 0 Å². The number of aromatic nitrogens is 4. The number of carbonyl (C=O) groups excluding carboxylic acids is 1. The number of nitrogens with one attached hydrogen (secondary N) is 1. The summed E-state index contributed by atoms with van der Waals surface area (Å²) in [6.07, 6.45) is 4.64. The van der Waals surface area contributed by atoms with Crippen molar-refractivity contribution < 1.29 is 4.79 Å². The van der Waals surface area contributed by atoms with Crippen LogP contribution in [0.15, 0.2) is 60.9 Å². The SMILES string of the molecule is Cc1nn(-c2ccccc2)c(C)c1C(=O)NCCc1cn2ccccc2n1. The number of hydrogen-bond acceptors (Lipinski definition) is 3. The van der Waals surface area contributed by atoms with Crippen LogP contribution in [0.25, 0.3) is 11.3 Å². The van der Waals surface area contributed by atoms with Crippen LogP contribution in [-0.2, 0) is 6.42 Å². The second kappa shape index (κ2) is 7.07. The number of rotatable bonds is 5. The number of fused-ring (bicyclic) bond motifs is 1. The van der Waals surface area contributed by atoms with E-state index in [0.29, 0.717) is 18.5 Å². The minimum absolute atomic E-state index is 0.101. The van der Waals surface area contributed by atoms with Gasteiger partial charge in [-0.1, -0.05) is 24.3 Å². The van der Waals surface area contributed by atoms with E-state index in [9.17, 15) is 4.79 Å². The van der Waals surface area contributed by atoms with Crippen molar-refractivity contribution in [1.82, 2.24) is 24.5 Å². The molecule has 6 heteroatoms. The number of para-hydroxylation sites is 1. The molecule has 0 fully saturated rings. The second-order valence-electron chi connectivity index (χ2n) is 6.50. The standard InChI is InChI=1S/C21H21N5O/c1-15-20(16(2)26(24-15)18-8-4-3-5-9-18)21(27)22-12-11-17-14-25-13-7-6-10-19(25)23-17/h3-10,13-14H,11-12H2,1-2H3,(H,22,27). The Labute approximate surface area is 157 Å². The van der Waals surface area contributed by atoms with Gasteiger partial charge in [-0.25, -0.2) is 9.67 Å². The molecule has 0 saturated heterocycles. The third-order valence-electron chi connectivity index (χ3n) is 4.60. The van der Waals surface area contributed by atoms with Gasteiger partial charge in [0.05, 0.1) is 28.3 Å². The quantitative estimate of drug-likeness (QED) is 0.595. The summed E-state index contributed by atoms with van der Waals surface area (Å²) in [5, 5.41) is 7.53. The lowest BCUT2D eigenvalue weighted by Crippen LogP contribution is -2.26. The monoisotopic (exact) mass is 359 g/mol. The van der Waals surface area contributed by atoms with E-state index in [0.717, 1.165) is 28.4 Å². The van der Waals surface area contributed by atoms with E-state index < -0.39 is 0 Å². The highest BCUT2D eigenvalue weighted by atomic mass is 16.1. The van der Waals surface area contributed by atoms with Crippen LogP contribution in [0.5, 0.6) is 0 Å². The lowest BCUT2D eigenvalue weighted by Gasteiger charge is -2.06. The summed E-state index contributed by atoms with van der Waals surface area (Å²) in [4.78, 5) is 17.3. The van der Waals surface area contributed by atoms with Gasteiger partial charge < -0.3 is 9.72 Å². The fourth-order valence-electron chi connectivity index (χ4n) is 3.29. The maximum atomic E-state index is 12.7. The van der Waals surface area contributed by atoms with Crippen LogP contribution >= 0.6 is 0 Å². The van der Waals surface area contributed by atoms with Crippen molar-refractivity contribution in [3.63, 3.8) is 0 Å². The van der Waals surface area contributed by atoms with E-state index in [2.05, 4.69) is 15.4 Å². The maximum absolute atomic E-state index is 12.7. The van der Waals surface area contributed by atoms with Crippen LogP contribution < -0.4 is 5.32 Å².